The van der Waals surface area contributed by atoms with Crippen molar-refractivity contribution in [3.63, 3.8) is 0 Å². The van der Waals surface area contributed by atoms with Crippen LogP contribution in [0.1, 0.15) is 38.2 Å². The summed E-state index contributed by atoms with van der Waals surface area (Å²) in [6.45, 7) is 3.11. The SMILES string of the molecule is CCCNC(Cc1cc(Cl)ccc1F)C1CC2CCC1O2. The van der Waals surface area contributed by atoms with Crippen molar-refractivity contribution >= 4 is 11.6 Å². The lowest BCUT2D eigenvalue weighted by molar-refractivity contribution is 0.0856. The molecule has 0 aromatic heterocycles. The number of ether oxygens (including phenoxy) is 1. The maximum atomic E-state index is 14.0. The van der Waals surface area contributed by atoms with Crippen molar-refractivity contribution in [3.05, 3.63) is 34.6 Å². The van der Waals surface area contributed by atoms with Gasteiger partial charge in [0.05, 0.1) is 12.2 Å². The predicted octanol–water partition coefficient (Wildman–Crippen LogP) is 3.96. The molecule has 116 valence electrons. The van der Waals surface area contributed by atoms with Gasteiger partial charge in [0.1, 0.15) is 5.82 Å². The van der Waals surface area contributed by atoms with Gasteiger partial charge in [-0.3, -0.25) is 0 Å². The highest BCUT2D eigenvalue weighted by Crippen LogP contribution is 2.41. The average molecular weight is 312 g/mol. The predicted molar refractivity (Wildman–Crippen MR) is 83.2 cm³/mol. The summed E-state index contributed by atoms with van der Waals surface area (Å²) in [6, 6.07) is 5.10. The Labute approximate surface area is 131 Å². The first kappa shape index (κ1) is 15.3. The number of hydrogen-bond donors (Lipinski definition) is 1. The molecule has 0 amide bonds. The molecule has 0 saturated carbocycles. The Balaban J connectivity index is 1.74. The van der Waals surface area contributed by atoms with Crippen LogP contribution >= 0.6 is 11.6 Å². The highest BCUT2D eigenvalue weighted by Gasteiger charge is 2.44. The number of nitrogens with one attached hydrogen (secondary N) is 1. The standard InChI is InChI=1S/C17H23ClFNO/c1-2-7-20-16(14-10-13-4-6-17(14)21-13)9-11-8-12(18)3-5-15(11)19/h3,5,8,13-14,16-17,20H,2,4,6-7,9-10H2,1H3. The maximum absolute atomic E-state index is 14.0. The Morgan fingerprint density at radius 1 is 1.43 bits per heavy atom. The lowest BCUT2D eigenvalue weighted by atomic mass is 9.81. The van der Waals surface area contributed by atoms with Crippen LogP contribution in [0.5, 0.6) is 0 Å². The molecule has 3 rings (SSSR count). The topological polar surface area (TPSA) is 21.3 Å². The number of halogens is 2. The van der Waals surface area contributed by atoms with E-state index in [-0.39, 0.29) is 11.9 Å². The van der Waals surface area contributed by atoms with Crippen LogP contribution in [0.4, 0.5) is 4.39 Å². The van der Waals surface area contributed by atoms with Gasteiger partial charge < -0.3 is 10.1 Å². The van der Waals surface area contributed by atoms with Crippen molar-refractivity contribution in [1.29, 1.82) is 0 Å². The summed E-state index contributed by atoms with van der Waals surface area (Å²) < 4.78 is 20.0. The number of benzene rings is 1. The zero-order chi connectivity index (χ0) is 14.8. The van der Waals surface area contributed by atoms with Crippen LogP contribution in [0.25, 0.3) is 0 Å². The minimum Gasteiger partial charge on any atom is -0.375 e. The second-order valence-corrected chi connectivity index (χ2v) is 6.71. The van der Waals surface area contributed by atoms with E-state index in [1.54, 1.807) is 12.1 Å². The molecule has 4 atom stereocenters. The molecular formula is C17H23ClFNO. The fourth-order valence-corrected chi connectivity index (χ4v) is 3.94. The van der Waals surface area contributed by atoms with Crippen LogP contribution in [0.3, 0.4) is 0 Å². The second-order valence-electron chi connectivity index (χ2n) is 6.27. The summed E-state index contributed by atoms with van der Waals surface area (Å²) in [7, 11) is 0. The summed E-state index contributed by atoms with van der Waals surface area (Å²) in [4.78, 5) is 0. The zero-order valence-electron chi connectivity index (χ0n) is 12.4. The second kappa shape index (κ2) is 6.64. The molecule has 2 bridgehead atoms. The van der Waals surface area contributed by atoms with Gasteiger partial charge in [0, 0.05) is 17.0 Å². The van der Waals surface area contributed by atoms with Crippen molar-refractivity contribution in [1.82, 2.24) is 5.32 Å². The molecule has 1 aromatic carbocycles. The van der Waals surface area contributed by atoms with E-state index >= 15 is 0 Å². The first-order valence-corrected chi connectivity index (χ1v) is 8.38. The third-order valence-corrected chi connectivity index (χ3v) is 5.01. The van der Waals surface area contributed by atoms with Crippen molar-refractivity contribution in [3.8, 4) is 0 Å². The van der Waals surface area contributed by atoms with E-state index in [1.807, 2.05) is 0 Å². The minimum atomic E-state index is -0.160. The van der Waals surface area contributed by atoms with Crippen LogP contribution in [0.2, 0.25) is 5.02 Å². The third-order valence-electron chi connectivity index (χ3n) is 4.77. The molecule has 4 heteroatoms. The monoisotopic (exact) mass is 311 g/mol. The van der Waals surface area contributed by atoms with Crippen molar-refractivity contribution in [2.24, 2.45) is 5.92 Å². The molecular weight excluding hydrogens is 289 g/mol. The molecule has 2 saturated heterocycles. The van der Waals surface area contributed by atoms with Crippen LogP contribution in [0.15, 0.2) is 18.2 Å². The van der Waals surface area contributed by atoms with Gasteiger partial charge in [-0.1, -0.05) is 18.5 Å². The Morgan fingerprint density at radius 3 is 2.95 bits per heavy atom. The quantitative estimate of drug-likeness (QED) is 0.858. The van der Waals surface area contributed by atoms with Gasteiger partial charge in [0.25, 0.3) is 0 Å². The zero-order valence-corrected chi connectivity index (χ0v) is 13.2. The van der Waals surface area contributed by atoms with Crippen LogP contribution < -0.4 is 5.32 Å². The highest BCUT2D eigenvalue weighted by molar-refractivity contribution is 6.30. The molecule has 2 heterocycles. The Kier molecular flexibility index (Phi) is 4.82. The Hall–Kier alpha value is -0.640. The molecule has 0 aliphatic carbocycles. The molecule has 4 unspecified atom stereocenters. The molecule has 2 aliphatic rings. The first-order chi connectivity index (χ1) is 10.2. The molecule has 2 nitrogen and oxygen atoms in total. The molecule has 2 fully saturated rings. The Bertz CT molecular complexity index is 496. The van der Waals surface area contributed by atoms with Crippen molar-refractivity contribution < 1.29 is 9.13 Å². The maximum Gasteiger partial charge on any atom is 0.126 e. The molecule has 1 aromatic rings. The third kappa shape index (κ3) is 3.41. The smallest absolute Gasteiger partial charge is 0.126 e. The van der Waals surface area contributed by atoms with Gasteiger partial charge in [-0.2, -0.15) is 0 Å². The normalized spacial score (nSPS) is 29.0. The lowest BCUT2D eigenvalue weighted by Crippen LogP contribution is -2.42. The first-order valence-electron chi connectivity index (χ1n) is 8.00. The van der Waals surface area contributed by atoms with Crippen LogP contribution in [0, 0.1) is 11.7 Å². The number of rotatable bonds is 6. The molecule has 2 aliphatic heterocycles. The van der Waals surface area contributed by atoms with Crippen LogP contribution in [-0.4, -0.2) is 24.8 Å². The molecule has 21 heavy (non-hydrogen) atoms. The largest absolute Gasteiger partial charge is 0.375 e. The average Bonchev–Trinajstić information content (AvgIpc) is 3.09. The summed E-state index contributed by atoms with van der Waals surface area (Å²) in [5.41, 5.74) is 0.707. The van der Waals surface area contributed by atoms with Gasteiger partial charge in [0.2, 0.25) is 0 Å². The molecule has 0 spiro atoms. The van der Waals surface area contributed by atoms with Gasteiger partial charge >= 0.3 is 0 Å². The molecule has 1 N–H and O–H groups in total. The van der Waals surface area contributed by atoms with Crippen molar-refractivity contribution in [2.45, 2.75) is 57.3 Å². The Morgan fingerprint density at radius 2 is 2.29 bits per heavy atom. The van der Waals surface area contributed by atoms with E-state index in [0.29, 0.717) is 35.1 Å². The number of fused-ring (bicyclic) bond motifs is 2. The van der Waals surface area contributed by atoms with Gasteiger partial charge in [-0.25, -0.2) is 4.39 Å². The van der Waals surface area contributed by atoms with E-state index in [1.165, 1.54) is 12.5 Å². The summed E-state index contributed by atoms with van der Waals surface area (Å²) in [5, 5.41) is 4.20. The fourth-order valence-electron chi connectivity index (χ4n) is 3.74. The highest BCUT2D eigenvalue weighted by atomic mass is 35.5. The van der Waals surface area contributed by atoms with Gasteiger partial charge in [0.15, 0.2) is 0 Å². The van der Waals surface area contributed by atoms with Gasteiger partial charge in [-0.15, -0.1) is 0 Å². The van der Waals surface area contributed by atoms with Gasteiger partial charge in [-0.05, 0) is 62.4 Å². The lowest BCUT2D eigenvalue weighted by Gasteiger charge is -2.29. The number of hydrogen-bond acceptors (Lipinski definition) is 2. The van der Waals surface area contributed by atoms with Crippen LogP contribution in [-0.2, 0) is 11.2 Å². The minimum absolute atomic E-state index is 0.160. The van der Waals surface area contributed by atoms with E-state index < -0.39 is 0 Å². The summed E-state index contributed by atoms with van der Waals surface area (Å²) in [5.74, 6) is 0.334. The van der Waals surface area contributed by atoms with E-state index in [0.717, 1.165) is 25.8 Å². The summed E-state index contributed by atoms with van der Waals surface area (Å²) >= 11 is 6.02. The van der Waals surface area contributed by atoms with E-state index in [4.69, 9.17) is 16.3 Å². The molecule has 0 radical (unpaired) electrons. The van der Waals surface area contributed by atoms with E-state index in [2.05, 4.69) is 12.2 Å². The van der Waals surface area contributed by atoms with E-state index in [9.17, 15) is 4.39 Å². The summed E-state index contributed by atoms with van der Waals surface area (Å²) in [6.07, 6.45) is 5.99. The van der Waals surface area contributed by atoms with Crippen molar-refractivity contribution in [2.75, 3.05) is 6.54 Å². The fraction of sp³-hybridized carbons (Fsp3) is 0.647.